The van der Waals surface area contributed by atoms with Crippen LogP contribution in [0.15, 0.2) is 54.6 Å². The Balaban J connectivity index is 2.18. The number of para-hydroxylation sites is 2. The molecule has 0 heterocycles. The lowest BCUT2D eigenvalue weighted by Gasteiger charge is -2.05. The number of benzene rings is 2. The lowest BCUT2D eigenvalue weighted by Crippen LogP contribution is -2.07. The van der Waals surface area contributed by atoms with E-state index >= 15 is 0 Å². The van der Waals surface area contributed by atoms with Crippen LogP contribution in [0.3, 0.4) is 0 Å². The van der Waals surface area contributed by atoms with Gasteiger partial charge in [-0.05, 0) is 31.2 Å². The maximum atomic E-state index is 11.9. The summed E-state index contributed by atoms with van der Waals surface area (Å²) in [4.78, 5) is 33.7. The molecule has 0 fully saturated rings. The molecule has 0 aliphatic carbocycles. The Kier molecular flexibility index (Phi) is 4.99. The Labute approximate surface area is 132 Å². The minimum atomic E-state index is -0.725. The SMILES string of the molecule is CC(=O)c1ccccc1OC(=O)/C=C/c1ccccc1[N+](=O)[O-]. The van der Waals surface area contributed by atoms with Gasteiger partial charge in [0.1, 0.15) is 5.75 Å². The molecule has 0 N–H and O–H groups in total. The molecule has 6 heteroatoms. The molecule has 0 bridgehead atoms. The molecule has 0 aromatic heterocycles. The monoisotopic (exact) mass is 311 g/mol. The Hall–Kier alpha value is -3.28. The summed E-state index contributed by atoms with van der Waals surface area (Å²) in [5.41, 5.74) is 0.468. The Morgan fingerprint density at radius 3 is 2.43 bits per heavy atom. The van der Waals surface area contributed by atoms with Gasteiger partial charge in [0.2, 0.25) is 0 Å². The summed E-state index contributed by atoms with van der Waals surface area (Å²) in [6.45, 7) is 1.37. The summed E-state index contributed by atoms with van der Waals surface area (Å²) in [5, 5.41) is 10.9. The van der Waals surface area contributed by atoms with Crippen LogP contribution in [0.25, 0.3) is 6.08 Å². The molecule has 0 radical (unpaired) electrons. The summed E-state index contributed by atoms with van der Waals surface area (Å²) < 4.78 is 5.11. The smallest absolute Gasteiger partial charge is 0.336 e. The molecule has 2 aromatic carbocycles. The van der Waals surface area contributed by atoms with Crippen molar-refractivity contribution in [2.24, 2.45) is 0 Å². The molecule has 0 amide bonds. The van der Waals surface area contributed by atoms with Crippen molar-refractivity contribution >= 4 is 23.5 Å². The van der Waals surface area contributed by atoms with Crippen LogP contribution in [-0.2, 0) is 4.79 Å². The number of esters is 1. The fraction of sp³-hybridized carbons (Fsp3) is 0.0588. The van der Waals surface area contributed by atoms with Gasteiger partial charge in [0.05, 0.1) is 16.1 Å². The van der Waals surface area contributed by atoms with Crippen molar-refractivity contribution in [2.75, 3.05) is 0 Å². The van der Waals surface area contributed by atoms with Gasteiger partial charge in [0, 0.05) is 12.1 Å². The van der Waals surface area contributed by atoms with Crippen molar-refractivity contribution in [2.45, 2.75) is 6.92 Å². The molecule has 6 nitrogen and oxygen atoms in total. The Morgan fingerprint density at radius 1 is 1.09 bits per heavy atom. The van der Waals surface area contributed by atoms with E-state index in [1.54, 1.807) is 24.3 Å². The van der Waals surface area contributed by atoms with Gasteiger partial charge in [-0.3, -0.25) is 14.9 Å². The van der Waals surface area contributed by atoms with Gasteiger partial charge in [-0.1, -0.05) is 24.3 Å². The van der Waals surface area contributed by atoms with E-state index in [9.17, 15) is 19.7 Å². The van der Waals surface area contributed by atoms with E-state index in [0.29, 0.717) is 5.56 Å². The van der Waals surface area contributed by atoms with E-state index in [1.807, 2.05) is 0 Å². The first-order valence-electron chi connectivity index (χ1n) is 6.72. The van der Waals surface area contributed by atoms with Crippen LogP contribution in [0.1, 0.15) is 22.8 Å². The van der Waals surface area contributed by atoms with Crippen LogP contribution in [0.2, 0.25) is 0 Å². The predicted octanol–water partition coefficient (Wildman–Crippen LogP) is 3.42. The molecule has 0 saturated carbocycles. The number of carbonyl (C=O) groups excluding carboxylic acids is 2. The topological polar surface area (TPSA) is 86.5 Å². The van der Waals surface area contributed by atoms with Crippen LogP contribution < -0.4 is 4.74 Å². The molecule has 0 aliphatic rings. The number of hydrogen-bond donors (Lipinski definition) is 0. The van der Waals surface area contributed by atoms with Gasteiger partial charge < -0.3 is 4.74 Å². The molecule has 0 saturated heterocycles. The number of carbonyl (C=O) groups is 2. The van der Waals surface area contributed by atoms with E-state index in [-0.39, 0.29) is 22.8 Å². The highest BCUT2D eigenvalue weighted by molar-refractivity contribution is 5.98. The zero-order chi connectivity index (χ0) is 16.8. The molecular formula is C17H13NO5. The van der Waals surface area contributed by atoms with Crippen molar-refractivity contribution in [3.05, 3.63) is 75.8 Å². The van der Waals surface area contributed by atoms with E-state index in [1.165, 1.54) is 37.3 Å². The van der Waals surface area contributed by atoms with Crippen LogP contribution in [0.4, 0.5) is 5.69 Å². The molecule has 2 aromatic rings. The zero-order valence-corrected chi connectivity index (χ0v) is 12.3. The first-order valence-corrected chi connectivity index (χ1v) is 6.72. The maximum absolute atomic E-state index is 11.9. The number of rotatable bonds is 5. The first kappa shape index (κ1) is 16.1. The molecule has 2 rings (SSSR count). The average Bonchev–Trinajstić information content (AvgIpc) is 2.53. The standard InChI is InChI=1S/C17H13NO5/c1-12(19)14-7-3-5-9-16(14)23-17(20)11-10-13-6-2-4-8-15(13)18(21)22/h2-11H,1H3/b11-10+. The van der Waals surface area contributed by atoms with Gasteiger partial charge >= 0.3 is 5.97 Å². The van der Waals surface area contributed by atoms with E-state index < -0.39 is 10.9 Å². The number of hydrogen-bond acceptors (Lipinski definition) is 5. The second kappa shape index (κ2) is 7.13. The lowest BCUT2D eigenvalue weighted by molar-refractivity contribution is -0.385. The Morgan fingerprint density at radius 2 is 1.74 bits per heavy atom. The molecule has 0 atom stereocenters. The largest absolute Gasteiger partial charge is 0.423 e. The van der Waals surface area contributed by atoms with Gasteiger partial charge in [0.25, 0.3) is 5.69 Å². The summed E-state index contributed by atoms with van der Waals surface area (Å²) in [6.07, 6.45) is 2.39. The quantitative estimate of drug-likeness (QED) is 0.211. The zero-order valence-electron chi connectivity index (χ0n) is 12.3. The van der Waals surface area contributed by atoms with E-state index in [0.717, 1.165) is 6.08 Å². The third kappa shape index (κ3) is 4.10. The summed E-state index contributed by atoms with van der Waals surface area (Å²) in [7, 11) is 0. The fourth-order valence-corrected chi connectivity index (χ4v) is 1.94. The van der Waals surface area contributed by atoms with Crippen LogP contribution in [0, 0.1) is 10.1 Å². The molecule has 0 spiro atoms. The van der Waals surface area contributed by atoms with Crippen molar-refractivity contribution < 1.29 is 19.2 Å². The number of ether oxygens (including phenoxy) is 1. The van der Waals surface area contributed by atoms with Crippen LogP contribution in [-0.4, -0.2) is 16.7 Å². The third-order valence-corrected chi connectivity index (χ3v) is 3.01. The second-order valence-electron chi connectivity index (χ2n) is 4.62. The van der Waals surface area contributed by atoms with Crippen LogP contribution in [0.5, 0.6) is 5.75 Å². The third-order valence-electron chi connectivity index (χ3n) is 3.01. The van der Waals surface area contributed by atoms with Gasteiger partial charge in [-0.2, -0.15) is 0 Å². The molecular weight excluding hydrogens is 298 g/mol. The first-order chi connectivity index (χ1) is 11.0. The number of nitro benzene ring substituents is 1. The molecule has 0 aliphatic heterocycles. The number of ketones is 1. The van der Waals surface area contributed by atoms with E-state index in [4.69, 9.17) is 4.74 Å². The summed E-state index contributed by atoms with van der Waals surface area (Å²) in [5.74, 6) is -0.801. The van der Waals surface area contributed by atoms with Crippen molar-refractivity contribution in [1.29, 1.82) is 0 Å². The number of nitrogens with zero attached hydrogens (tertiary/aromatic N) is 1. The minimum absolute atomic E-state index is 0.110. The summed E-state index contributed by atoms with van der Waals surface area (Å²) >= 11 is 0. The van der Waals surface area contributed by atoms with Gasteiger partial charge in [-0.25, -0.2) is 4.79 Å². The van der Waals surface area contributed by atoms with Crippen LogP contribution >= 0.6 is 0 Å². The average molecular weight is 311 g/mol. The predicted molar refractivity (Wildman–Crippen MR) is 84.2 cm³/mol. The van der Waals surface area contributed by atoms with Crippen molar-refractivity contribution in [1.82, 2.24) is 0 Å². The fourth-order valence-electron chi connectivity index (χ4n) is 1.94. The Bertz CT molecular complexity index is 795. The second-order valence-corrected chi connectivity index (χ2v) is 4.62. The van der Waals surface area contributed by atoms with Gasteiger partial charge in [0.15, 0.2) is 5.78 Å². The van der Waals surface area contributed by atoms with Crippen molar-refractivity contribution in [3.63, 3.8) is 0 Å². The summed E-state index contributed by atoms with van der Waals surface area (Å²) in [6, 6.07) is 12.4. The lowest BCUT2D eigenvalue weighted by atomic mass is 10.1. The molecule has 0 unspecified atom stereocenters. The highest BCUT2D eigenvalue weighted by Gasteiger charge is 2.12. The minimum Gasteiger partial charge on any atom is -0.423 e. The normalized spacial score (nSPS) is 10.5. The molecule has 116 valence electrons. The van der Waals surface area contributed by atoms with Crippen molar-refractivity contribution in [3.8, 4) is 5.75 Å². The number of nitro groups is 1. The number of Topliss-reactive ketones (excluding diaryl/α,β-unsaturated/α-hetero) is 1. The van der Waals surface area contributed by atoms with Gasteiger partial charge in [-0.15, -0.1) is 0 Å². The maximum Gasteiger partial charge on any atom is 0.336 e. The highest BCUT2D eigenvalue weighted by atomic mass is 16.6. The van der Waals surface area contributed by atoms with E-state index in [2.05, 4.69) is 0 Å². The molecule has 23 heavy (non-hydrogen) atoms. The highest BCUT2D eigenvalue weighted by Crippen LogP contribution is 2.20.